The molecule has 1 aliphatic rings. The van der Waals surface area contributed by atoms with Crippen LogP contribution in [0.15, 0.2) is 0 Å². The summed E-state index contributed by atoms with van der Waals surface area (Å²) in [6.45, 7) is 5.48. The minimum Gasteiger partial charge on any atom is -0.357 e. The highest BCUT2D eigenvalue weighted by Gasteiger charge is 2.20. The molecule has 1 fully saturated rings. The molecule has 0 radical (unpaired) electrons. The molecule has 0 saturated carbocycles. The molecular weight excluding hydrogens is 256 g/mol. The number of nitrogens with one attached hydrogen (secondary N) is 1. The average molecular weight is 271 g/mol. The van der Waals surface area contributed by atoms with Gasteiger partial charge in [0.2, 0.25) is 0 Å². The zero-order chi connectivity index (χ0) is 12.3. The van der Waals surface area contributed by atoms with Crippen LogP contribution in [0, 0.1) is 11.3 Å². The maximum absolute atomic E-state index is 8.82. The Labute approximate surface area is 110 Å². The summed E-state index contributed by atoms with van der Waals surface area (Å²) in [7, 11) is 0. The molecular formula is C11H15ClN4S. The first kappa shape index (κ1) is 12.6. The Bertz CT molecular complexity index is 426. The summed E-state index contributed by atoms with van der Waals surface area (Å²) < 4.78 is 0. The van der Waals surface area contributed by atoms with Gasteiger partial charge in [-0.25, -0.2) is 4.98 Å². The summed E-state index contributed by atoms with van der Waals surface area (Å²) in [4.78, 5) is 7.06. The van der Waals surface area contributed by atoms with Crippen molar-refractivity contribution in [2.45, 2.75) is 25.8 Å². The molecule has 6 heteroatoms. The Morgan fingerprint density at radius 1 is 1.71 bits per heavy atom. The molecule has 1 aromatic heterocycles. The summed E-state index contributed by atoms with van der Waals surface area (Å²) >= 11 is 7.17. The zero-order valence-corrected chi connectivity index (χ0v) is 11.3. The van der Waals surface area contributed by atoms with Gasteiger partial charge in [0.25, 0.3) is 0 Å². The molecule has 0 bridgehead atoms. The van der Waals surface area contributed by atoms with E-state index in [-0.39, 0.29) is 0 Å². The summed E-state index contributed by atoms with van der Waals surface area (Å²) in [5.74, 6) is 0. The lowest BCUT2D eigenvalue weighted by atomic mass is 10.1. The van der Waals surface area contributed by atoms with E-state index in [9.17, 15) is 0 Å². The topological polar surface area (TPSA) is 52.0 Å². The van der Waals surface area contributed by atoms with Gasteiger partial charge < -0.3 is 10.2 Å². The first-order valence-corrected chi connectivity index (χ1v) is 6.97. The fourth-order valence-electron chi connectivity index (χ4n) is 2.07. The van der Waals surface area contributed by atoms with Crippen LogP contribution in [-0.2, 0) is 0 Å². The monoisotopic (exact) mass is 270 g/mol. The molecule has 1 unspecified atom stereocenters. The third-order valence-electron chi connectivity index (χ3n) is 2.97. The number of hydrogen-bond donors (Lipinski definition) is 1. The lowest BCUT2D eigenvalue weighted by molar-refractivity contribution is 0.227. The van der Waals surface area contributed by atoms with Crippen molar-refractivity contribution < 1.29 is 0 Å². The number of piperidine rings is 1. The highest BCUT2D eigenvalue weighted by atomic mass is 35.5. The summed E-state index contributed by atoms with van der Waals surface area (Å²) in [5, 5.41) is 13.3. The van der Waals surface area contributed by atoms with E-state index in [2.05, 4.69) is 22.1 Å². The van der Waals surface area contributed by atoms with Gasteiger partial charge in [0.1, 0.15) is 10.9 Å². The molecule has 1 aromatic rings. The fraction of sp³-hybridized carbons (Fsp3) is 0.636. The van der Waals surface area contributed by atoms with E-state index in [1.165, 1.54) is 24.3 Å². The molecule has 17 heavy (non-hydrogen) atoms. The van der Waals surface area contributed by atoms with E-state index in [1.54, 1.807) is 0 Å². The normalized spacial score (nSPS) is 21.1. The SMILES string of the molecule is CCN1CCCC(Nc2nc(Cl)c(C#N)s2)C1. The average Bonchev–Trinajstić information content (AvgIpc) is 2.69. The Morgan fingerprint density at radius 3 is 3.18 bits per heavy atom. The van der Waals surface area contributed by atoms with Gasteiger partial charge in [-0.15, -0.1) is 0 Å². The third kappa shape index (κ3) is 3.09. The van der Waals surface area contributed by atoms with Gasteiger partial charge in [0.05, 0.1) is 0 Å². The van der Waals surface area contributed by atoms with Gasteiger partial charge in [0.15, 0.2) is 10.3 Å². The molecule has 1 N–H and O–H groups in total. The number of hydrogen-bond acceptors (Lipinski definition) is 5. The van der Waals surface area contributed by atoms with E-state index in [4.69, 9.17) is 16.9 Å². The van der Waals surface area contributed by atoms with Crippen molar-refractivity contribution in [2.75, 3.05) is 25.0 Å². The second-order valence-corrected chi connectivity index (χ2v) is 5.48. The maximum Gasteiger partial charge on any atom is 0.185 e. The Hall–Kier alpha value is -0.830. The van der Waals surface area contributed by atoms with Crippen molar-refractivity contribution in [3.63, 3.8) is 0 Å². The van der Waals surface area contributed by atoms with Crippen molar-refractivity contribution >= 4 is 28.1 Å². The predicted octanol–water partition coefficient (Wildman–Crippen LogP) is 2.56. The van der Waals surface area contributed by atoms with E-state index in [1.807, 2.05) is 6.07 Å². The van der Waals surface area contributed by atoms with Crippen LogP contribution in [0.1, 0.15) is 24.6 Å². The standard InChI is InChI=1S/C11H15ClN4S/c1-2-16-5-3-4-8(7-16)14-11-15-10(12)9(6-13)17-11/h8H,2-5,7H2,1H3,(H,14,15). The number of anilines is 1. The number of rotatable bonds is 3. The molecule has 0 spiro atoms. The minimum atomic E-state index is 0.308. The zero-order valence-electron chi connectivity index (χ0n) is 9.74. The van der Waals surface area contributed by atoms with Gasteiger partial charge in [-0.1, -0.05) is 29.9 Å². The highest BCUT2D eigenvalue weighted by Crippen LogP contribution is 2.27. The van der Waals surface area contributed by atoms with E-state index in [0.717, 1.165) is 24.6 Å². The van der Waals surface area contributed by atoms with Crippen molar-refractivity contribution in [1.29, 1.82) is 5.26 Å². The third-order valence-corrected chi connectivity index (χ3v) is 4.24. The smallest absolute Gasteiger partial charge is 0.185 e. The number of halogens is 1. The lowest BCUT2D eigenvalue weighted by Crippen LogP contribution is -2.41. The fourth-order valence-corrected chi connectivity index (χ4v) is 3.09. The van der Waals surface area contributed by atoms with Crippen LogP contribution in [0.3, 0.4) is 0 Å². The van der Waals surface area contributed by atoms with Crippen LogP contribution in [-0.4, -0.2) is 35.6 Å². The minimum absolute atomic E-state index is 0.308. The van der Waals surface area contributed by atoms with Gasteiger partial charge in [-0.05, 0) is 25.9 Å². The second-order valence-electron chi connectivity index (χ2n) is 4.13. The first-order valence-electron chi connectivity index (χ1n) is 5.78. The molecule has 1 atom stereocenters. The maximum atomic E-state index is 8.82. The van der Waals surface area contributed by atoms with Crippen LogP contribution in [0.5, 0.6) is 0 Å². The Morgan fingerprint density at radius 2 is 2.53 bits per heavy atom. The van der Waals surface area contributed by atoms with Gasteiger partial charge in [0, 0.05) is 12.6 Å². The van der Waals surface area contributed by atoms with E-state index >= 15 is 0 Å². The largest absolute Gasteiger partial charge is 0.357 e. The number of likely N-dealkylation sites (tertiary alicyclic amines) is 1. The van der Waals surface area contributed by atoms with Crippen molar-refractivity contribution in [3.8, 4) is 6.07 Å². The van der Waals surface area contributed by atoms with Crippen LogP contribution in [0.25, 0.3) is 0 Å². The molecule has 2 rings (SSSR count). The molecule has 0 amide bonds. The number of likely N-dealkylation sites (N-methyl/N-ethyl adjacent to an activating group) is 1. The predicted molar refractivity (Wildman–Crippen MR) is 70.6 cm³/mol. The molecule has 2 heterocycles. The first-order chi connectivity index (χ1) is 8.22. The second kappa shape index (κ2) is 5.67. The lowest BCUT2D eigenvalue weighted by Gasteiger charge is -2.32. The molecule has 1 aliphatic heterocycles. The Kier molecular flexibility index (Phi) is 4.21. The summed E-state index contributed by atoms with van der Waals surface area (Å²) in [6.07, 6.45) is 2.35. The summed E-state index contributed by atoms with van der Waals surface area (Å²) in [5.41, 5.74) is 0. The van der Waals surface area contributed by atoms with Crippen molar-refractivity contribution in [2.24, 2.45) is 0 Å². The van der Waals surface area contributed by atoms with Crippen molar-refractivity contribution in [3.05, 3.63) is 10.0 Å². The van der Waals surface area contributed by atoms with Crippen LogP contribution in [0.4, 0.5) is 5.13 Å². The number of nitrogens with zero attached hydrogens (tertiary/aromatic N) is 3. The molecule has 4 nitrogen and oxygen atoms in total. The summed E-state index contributed by atoms with van der Waals surface area (Å²) in [6, 6.07) is 2.46. The van der Waals surface area contributed by atoms with Crippen molar-refractivity contribution in [1.82, 2.24) is 9.88 Å². The van der Waals surface area contributed by atoms with Gasteiger partial charge in [-0.3, -0.25) is 0 Å². The number of nitriles is 1. The highest BCUT2D eigenvalue weighted by molar-refractivity contribution is 7.16. The van der Waals surface area contributed by atoms with Crippen LogP contribution in [0.2, 0.25) is 5.15 Å². The quantitative estimate of drug-likeness (QED) is 0.917. The molecule has 0 aromatic carbocycles. The van der Waals surface area contributed by atoms with E-state index in [0.29, 0.717) is 16.1 Å². The number of aromatic nitrogens is 1. The number of thiazole rings is 1. The van der Waals surface area contributed by atoms with Crippen LogP contribution < -0.4 is 5.32 Å². The van der Waals surface area contributed by atoms with Crippen LogP contribution >= 0.6 is 22.9 Å². The molecule has 92 valence electrons. The molecule has 0 aliphatic carbocycles. The van der Waals surface area contributed by atoms with Gasteiger partial charge >= 0.3 is 0 Å². The van der Waals surface area contributed by atoms with Gasteiger partial charge in [-0.2, -0.15) is 5.26 Å². The van der Waals surface area contributed by atoms with E-state index < -0.39 is 0 Å². The Balaban J connectivity index is 1.98. The molecule has 1 saturated heterocycles.